The first-order valence-corrected chi connectivity index (χ1v) is 9.24. The molecule has 0 bridgehead atoms. The lowest BCUT2D eigenvalue weighted by Crippen LogP contribution is -2.31. The summed E-state index contributed by atoms with van der Waals surface area (Å²) >= 11 is 0. The molecule has 0 unspecified atom stereocenters. The van der Waals surface area contributed by atoms with Crippen LogP contribution in [0.1, 0.15) is 41.8 Å². The second-order valence-electron chi connectivity index (χ2n) is 7.13. The van der Waals surface area contributed by atoms with Gasteiger partial charge in [0, 0.05) is 30.8 Å². The van der Waals surface area contributed by atoms with Gasteiger partial charge in [-0.15, -0.1) is 0 Å². The lowest BCUT2D eigenvalue weighted by molar-refractivity contribution is -0.121. The van der Waals surface area contributed by atoms with Gasteiger partial charge < -0.3 is 20.1 Å². The van der Waals surface area contributed by atoms with Gasteiger partial charge in [0.05, 0.1) is 12.2 Å². The van der Waals surface area contributed by atoms with Crippen LogP contribution in [0.25, 0.3) is 0 Å². The molecule has 0 aliphatic heterocycles. The third-order valence-electron chi connectivity index (χ3n) is 4.71. The Hall–Kier alpha value is -2.83. The van der Waals surface area contributed by atoms with Crippen molar-refractivity contribution in [1.82, 2.24) is 15.4 Å². The highest BCUT2D eigenvalue weighted by Crippen LogP contribution is 2.19. The molecule has 3 amide bonds. The van der Waals surface area contributed by atoms with Crippen LogP contribution in [0.3, 0.4) is 0 Å². The van der Waals surface area contributed by atoms with Crippen molar-refractivity contribution in [2.24, 2.45) is 0 Å². The molecule has 1 aliphatic carbocycles. The standard InChI is InChI=1S/C20H26N4O3/c1-13-18(14(2)27-23-13)12-24(3)20(26)22-17-7-4-15(5-8-17)6-11-19(25)21-16-9-10-16/h4-5,7-8,16H,6,9-12H2,1-3H3,(H,21,25)(H,22,26). The zero-order valence-corrected chi connectivity index (χ0v) is 16.0. The smallest absolute Gasteiger partial charge is 0.321 e. The molecule has 144 valence electrons. The Labute approximate surface area is 159 Å². The van der Waals surface area contributed by atoms with Crippen LogP contribution in [-0.4, -0.2) is 35.1 Å². The van der Waals surface area contributed by atoms with E-state index in [4.69, 9.17) is 4.52 Å². The number of anilines is 1. The number of carbonyl (C=O) groups excluding carboxylic acids is 2. The summed E-state index contributed by atoms with van der Waals surface area (Å²) in [4.78, 5) is 25.7. The molecule has 0 atom stereocenters. The topological polar surface area (TPSA) is 87.5 Å². The van der Waals surface area contributed by atoms with E-state index in [1.165, 1.54) is 0 Å². The maximum atomic E-state index is 12.4. The van der Waals surface area contributed by atoms with Gasteiger partial charge in [-0.2, -0.15) is 0 Å². The number of urea groups is 1. The van der Waals surface area contributed by atoms with Crippen molar-refractivity contribution in [2.45, 2.75) is 52.1 Å². The van der Waals surface area contributed by atoms with E-state index in [9.17, 15) is 9.59 Å². The van der Waals surface area contributed by atoms with E-state index in [-0.39, 0.29) is 11.9 Å². The van der Waals surface area contributed by atoms with E-state index < -0.39 is 0 Å². The maximum absolute atomic E-state index is 12.4. The SMILES string of the molecule is Cc1noc(C)c1CN(C)C(=O)Nc1ccc(CCC(=O)NC2CC2)cc1. The number of hydrogen-bond acceptors (Lipinski definition) is 4. The Bertz CT molecular complexity index is 790. The van der Waals surface area contributed by atoms with E-state index in [0.717, 1.165) is 41.1 Å². The molecule has 0 radical (unpaired) electrons. The molecule has 1 fully saturated rings. The lowest BCUT2D eigenvalue weighted by Gasteiger charge is -2.18. The molecule has 1 heterocycles. The number of nitrogens with zero attached hydrogens (tertiary/aromatic N) is 2. The molecule has 7 nitrogen and oxygen atoms in total. The average molecular weight is 370 g/mol. The zero-order chi connectivity index (χ0) is 19.4. The minimum absolute atomic E-state index is 0.107. The number of hydrogen-bond donors (Lipinski definition) is 2. The first-order chi connectivity index (χ1) is 12.9. The van der Waals surface area contributed by atoms with Gasteiger partial charge in [-0.25, -0.2) is 4.79 Å². The Balaban J connectivity index is 1.48. The molecule has 2 N–H and O–H groups in total. The molecule has 0 saturated heterocycles. The predicted octanol–water partition coefficient (Wildman–Crippen LogP) is 3.17. The van der Waals surface area contributed by atoms with E-state index in [0.29, 0.717) is 25.4 Å². The van der Waals surface area contributed by atoms with Crippen LogP contribution in [0, 0.1) is 13.8 Å². The highest BCUT2D eigenvalue weighted by Gasteiger charge is 2.22. The van der Waals surface area contributed by atoms with Crippen molar-refractivity contribution < 1.29 is 14.1 Å². The molecule has 3 rings (SSSR count). The fourth-order valence-corrected chi connectivity index (χ4v) is 2.80. The molecule has 1 saturated carbocycles. The number of aryl methyl sites for hydroxylation is 3. The summed E-state index contributed by atoms with van der Waals surface area (Å²) in [6, 6.07) is 7.79. The number of carbonyl (C=O) groups is 2. The minimum Gasteiger partial charge on any atom is -0.361 e. The van der Waals surface area contributed by atoms with Crippen LogP contribution in [0.2, 0.25) is 0 Å². The Morgan fingerprint density at radius 1 is 1.22 bits per heavy atom. The summed E-state index contributed by atoms with van der Waals surface area (Å²) in [5.41, 5.74) is 3.51. The molecule has 0 spiro atoms. The monoisotopic (exact) mass is 370 g/mol. The Morgan fingerprint density at radius 3 is 2.52 bits per heavy atom. The van der Waals surface area contributed by atoms with E-state index in [2.05, 4.69) is 15.8 Å². The third kappa shape index (κ3) is 5.32. The van der Waals surface area contributed by atoms with Crippen molar-refractivity contribution in [3.05, 3.63) is 46.8 Å². The number of rotatable bonds is 7. The van der Waals surface area contributed by atoms with Crippen LogP contribution in [0.5, 0.6) is 0 Å². The van der Waals surface area contributed by atoms with Crippen LogP contribution < -0.4 is 10.6 Å². The average Bonchev–Trinajstić information content (AvgIpc) is 3.41. The second-order valence-corrected chi connectivity index (χ2v) is 7.13. The number of benzene rings is 1. The molecule has 27 heavy (non-hydrogen) atoms. The van der Waals surface area contributed by atoms with Crippen LogP contribution in [0.15, 0.2) is 28.8 Å². The maximum Gasteiger partial charge on any atom is 0.321 e. The summed E-state index contributed by atoms with van der Waals surface area (Å²) in [5, 5.41) is 9.77. The van der Waals surface area contributed by atoms with Crippen molar-refractivity contribution in [2.75, 3.05) is 12.4 Å². The highest BCUT2D eigenvalue weighted by atomic mass is 16.5. The fraction of sp³-hybridized carbons (Fsp3) is 0.450. The zero-order valence-electron chi connectivity index (χ0n) is 16.0. The number of amides is 3. The number of aromatic nitrogens is 1. The van der Waals surface area contributed by atoms with Gasteiger partial charge >= 0.3 is 6.03 Å². The summed E-state index contributed by atoms with van der Waals surface area (Å²) in [6.07, 6.45) is 3.39. The second kappa shape index (κ2) is 8.24. The van der Waals surface area contributed by atoms with Gasteiger partial charge in [-0.1, -0.05) is 17.3 Å². The summed E-state index contributed by atoms with van der Waals surface area (Å²) in [6.45, 7) is 4.13. The quantitative estimate of drug-likeness (QED) is 0.784. The summed E-state index contributed by atoms with van der Waals surface area (Å²) < 4.78 is 5.13. The van der Waals surface area contributed by atoms with Gasteiger partial charge in [-0.3, -0.25) is 4.79 Å². The van der Waals surface area contributed by atoms with Gasteiger partial charge in [0.1, 0.15) is 5.76 Å². The molecule has 1 aromatic heterocycles. The Kier molecular flexibility index (Phi) is 5.78. The minimum atomic E-state index is -0.202. The summed E-state index contributed by atoms with van der Waals surface area (Å²) in [5.74, 6) is 0.832. The summed E-state index contributed by atoms with van der Waals surface area (Å²) in [7, 11) is 1.73. The first-order valence-electron chi connectivity index (χ1n) is 9.24. The largest absolute Gasteiger partial charge is 0.361 e. The van der Waals surface area contributed by atoms with E-state index >= 15 is 0 Å². The molecule has 7 heteroatoms. The first kappa shape index (κ1) is 18.9. The van der Waals surface area contributed by atoms with Crippen molar-refractivity contribution in [3.63, 3.8) is 0 Å². The van der Waals surface area contributed by atoms with E-state index in [1.807, 2.05) is 38.1 Å². The van der Waals surface area contributed by atoms with Crippen LogP contribution >= 0.6 is 0 Å². The van der Waals surface area contributed by atoms with Gasteiger partial charge in [0.25, 0.3) is 0 Å². The third-order valence-corrected chi connectivity index (χ3v) is 4.71. The van der Waals surface area contributed by atoms with Crippen molar-refractivity contribution in [3.8, 4) is 0 Å². The molecular formula is C20H26N4O3. The molecule has 1 aromatic carbocycles. The molecule has 1 aliphatic rings. The lowest BCUT2D eigenvalue weighted by atomic mass is 10.1. The molecule has 2 aromatic rings. The normalized spacial score (nSPS) is 13.3. The van der Waals surface area contributed by atoms with Crippen molar-refractivity contribution in [1.29, 1.82) is 0 Å². The van der Waals surface area contributed by atoms with Crippen molar-refractivity contribution >= 4 is 17.6 Å². The van der Waals surface area contributed by atoms with Gasteiger partial charge in [-0.05, 0) is 50.8 Å². The predicted molar refractivity (Wildman–Crippen MR) is 102 cm³/mol. The Morgan fingerprint density at radius 2 is 1.93 bits per heavy atom. The fourth-order valence-electron chi connectivity index (χ4n) is 2.80. The molecular weight excluding hydrogens is 344 g/mol. The van der Waals surface area contributed by atoms with Gasteiger partial charge in [0.2, 0.25) is 5.91 Å². The van der Waals surface area contributed by atoms with Crippen LogP contribution in [0.4, 0.5) is 10.5 Å². The highest BCUT2D eigenvalue weighted by molar-refractivity contribution is 5.89. The van der Waals surface area contributed by atoms with E-state index in [1.54, 1.807) is 11.9 Å². The van der Waals surface area contributed by atoms with Gasteiger partial charge in [0.15, 0.2) is 0 Å². The van der Waals surface area contributed by atoms with Crippen LogP contribution in [-0.2, 0) is 17.8 Å². The number of nitrogens with one attached hydrogen (secondary N) is 2.